The molecule has 1 aromatic heterocycles. The Hall–Kier alpha value is -1.53. The summed E-state index contributed by atoms with van der Waals surface area (Å²) in [5.74, 6) is 1.36. The number of furan rings is 1. The standard InChI is InChI=1S/C21H38N2O4/c1-15(2)9-7-10-16(3)22-14-19(24)18(13-17-11-8-12-27-17)23(20(25)26)21(4,5)6/h8,11-12,15-16,18-19,22,24H,7,9-10,13-14H2,1-6H3,(H,25,26)/t16?,18-,19-/m0/s1. The Bertz CT molecular complexity index is 537. The summed E-state index contributed by atoms with van der Waals surface area (Å²) in [7, 11) is 0. The fourth-order valence-corrected chi connectivity index (χ4v) is 3.35. The third-order valence-electron chi connectivity index (χ3n) is 4.79. The van der Waals surface area contributed by atoms with E-state index in [-0.39, 0.29) is 6.04 Å². The van der Waals surface area contributed by atoms with E-state index in [0.717, 1.165) is 12.8 Å². The van der Waals surface area contributed by atoms with Gasteiger partial charge in [-0.15, -0.1) is 0 Å². The van der Waals surface area contributed by atoms with Crippen molar-refractivity contribution in [2.75, 3.05) is 6.54 Å². The number of rotatable bonds is 11. The van der Waals surface area contributed by atoms with E-state index in [1.807, 2.05) is 26.8 Å². The summed E-state index contributed by atoms with van der Waals surface area (Å²) >= 11 is 0. The van der Waals surface area contributed by atoms with Crippen molar-refractivity contribution in [3.05, 3.63) is 24.2 Å². The molecule has 6 nitrogen and oxygen atoms in total. The summed E-state index contributed by atoms with van der Waals surface area (Å²) in [5, 5.41) is 24.0. The molecular weight excluding hydrogens is 344 g/mol. The van der Waals surface area contributed by atoms with Crippen LogP contribution in [0, 0.1) is 5.92 Å². The second-order valence-electron chi connectivity index (χ2n) is 8.88. The van der Waals surface area contributed by atoms with Crippen LogP contribution in [0.25, 0.3) is 0 Å². The number of carboxylic acid groups (broad SMARTS) is 1. The van der Waals surface area contributed by atoms with Crippen LogP contribution in [0.1, 0.15) is 66.6 Å². The number of amides is 1. The van der Waals surface area contributed by atoms with E-state index in [2.05, 4.69) is 26.1 Å². The van der Waals surface area contributed by atoms with Crippen molar-refractivity contribution >= 4 is 6.09 Å². The van der Waals surface area contributed by atoms with Gasteiger partial charge in [0.25, 0.3) is 0 Å². The second kappa shape index (κ2) is 10.7. The lowest BCUT2D eigenvalue weighted by atomic mass is 9.96. The molecule has 0 fully saturated rings. The number of hydrogen-bond donors (Lipinski definition) is 3. The normalized spacial score (nSPS) is 15.6. The number of aliphatic hydroxyl groups is 1. The molecule has 0 saturated heterocycles. The Morgan fingerprint density at radius 1 is 1.26 bits per heavy atom. The Labute approximate surface area is 163 Å². The van der Waals surface area contributed by atoms with Crippen LogP contribution in [0.2, 0.25) is 0 Å². The molecule has 6 heteroatoms. The molecule has 0 saturated carbocycles. The van der Waals surface area contributed by atoms with Gasteiger partial charge in [-0.25, -0.2) is 4.79 Å². The maximum absolute atomic E-state index is 11.9. The first kappa shape index (κ1) is 23.5. The molecule has 0 spiro atoms. The number of hydrogen-bond acceptors (Lipinski definition) is 4. The van der Waals surface area contributed by atoms with E-state index in [4.69, 9.17) is 4.42 Å². The highest BCUT2D eigenvalue weighted by Crippen LogP contribution is 2.23. The van der Waals surface area contributed by atoms with Crippen molar-refractivity contribution in [2.24, 2.45) is 5.92 Å². The quantitative estimate of drug-likeness (QED) is 0.536. The molecular formula is C21H38N2O4. The molecule has 0 aromatic carbocycles. The van der Waals surface area contributed by atoms with Gasteiger partial charge in [0.05, 0.1) is 18.4 Å². The van der Waals surface area contributed by atoms with Gasteiger partial charge in [-0.05, 0) is 52.2 Å². The fourth-order valence-electron chi connectivity index (χ4n) is 3.35. The van der Waals surface area contributed by atoms with Crippen LogP contribution in [-0.2, 0) is 6.42 Å². The molecule has 3 atom stereocenters. The number of carbonyl (C=O) groups is 1. The zero-order valence-electron chi connectivity index (χ0n) is 17.7. The minimum atomic E-state index is -1.04. The summed E-state index contributed by atoms with van der Waals surface area (Å²) in [6.07, 6.45) is 3.39. The van der Waals surface area contributed by atoms with Crippen molar-refractivity contribution in [3.63, 3.8) is 0 Å². The molecule has 1 unspecified atom stereocenters. The van der Waals surface area contributed by atoms with Gasteiger partial charge in [0.2, 0.25) is 0 Å². The van der Waals surface area contributed by atoms with Gasteiger partial charge >= 0.3 is 6.09 Å². The lowest BCUT2D eigenvalue weighted by Crippen LogP contribution is -2.58. The molecule has 1 amide bonds. The van der Waals surface area contributed by atoms with Crippen molar-refractivity contribution in [1.82, 2.24) is 10.2 Å². The topological polar surface area (TPSA) is 85.9 Å². The SMILES string of the molecule is CC(C)CCCC(C)NC[C@H](O)[C@H](Cc1ccco1)N(C(=O)O)C(C)(C)C. The van der Waals surface area contributed by atoms with Gasteiger partial charge in [-0.3, -0.25) is 4.90 Å². The summed E-state index contributed by atoms with van der Waals surface area (Å²) in [4.78, 5) is 13.3. The molecule has 0 aliphatic heterocycles. The van der Waals surface area contributed by atoms with Crippen molar-refractivity contribution in [3.8, 4) is 0 Å². The van der Waals surface area contributed by atoms with Gasteiger partial charge in [-0.2, -0.15) is 0 Å². The van der Waals surface area contributed by atoms with E-state index in [1.54, 1.807) is 12.3 Å². The molecule has 27 heavy (non-hydrogen) atoms. The Balaban J connectivity index is 2.77. The highest BCUT2D eigenvalue weighted by atomic mass is 16.4. The minimum absolute atomic E-state index is 0.274. The molecule has 156 valence electrons. The Kier molecular flexibility index (Phi) is 9.33. The molecule has 1 heterocycles. The molecule has 0 radical (unpaired) electrons. The van der Waals surface area contributed by atoms with Gasteiger partial charge < -0.3 is 19.9 Å². The van der Waals surface area contributed by atoms with Gasteiger partial charge in [0.15, 0.2) is 0 Å². The van der Waals surface area contributed by atoms with Crippen molar-refractivity contribution in [2.45, 2.75) is 91.0 Å². The zero-order valence-corrected chi connectivity index (χ0v) is 17.7. The molecule has 0 bridgehead atoms. The number of aliphatic hydroxyl groups excluding tert-OH is 1. The van der Waals surface area contributed by atoms with E-state index in [0.29, 0.717) is 24.6 Å². The molecule has 1 rings (SSSR count). The van der Waals surface area contributed by atoms with Crippen LogP contribution >= 0.6 is 0 Å². The monoisotopic (exact) mass is 382 g/mol. The molecule has 0 aliphatic carbocycles. The summed E-state index contributed by atoms with van der Waals surface area (Å²) in [6.45, 7) is 12.4. The third kappa shape index (κ3) is 8.35. The first-order valence-corrected chi connectivity index (χ1v) is 9.98. The number of nitrogens with one attached hydrogen (secondary N) is 1. The van der Waals surface area contributed by atoms with Gasteiger partial charge in [0.1, 0.15) is 5.76 Å². The van der Waals surface area contributed by atoms with Crippen LogP contribution < -0.4 is 5.32 Å². The minimum Gasteiger partial charge on any atom is -0.469 e. The summed E-state index contributed by atoms with van der Waals surface area (Å²) in [5.41, 5.74) is -0.632. The van der Waals surface area contributed by atoms with Gasteiger partial charge in [0, 0.05) is 24.5 Å². The molecule has 3 N–H and O–H groups in total. The van der Waals surface area contributed by atoms with Crippen LogP contribution in [0.4, 0.5) is 4.79 Å². The van der Waals surface area contributed by atoms with Crippen LogP contribution in [0.5, 0.6) is 0 Å². The smallest absolute Gasteiger partial charge is 0.408 e. The Morgan fingerprint density at radius 3 is 2.41 bits per heavy atom. The van der Waals surface area contributed by atoms with E-state index in [9.17, 15) is 15.0 Å². The lowest BCUT2D eigenvalue weighted by Gasteiger charge is -2.41. The third-order valence-corrected chi connectivity index (χ3v) is 4.79. The Morgan fingerprint density at radius 2 is 1.93 bits per heavy atom. The van der Waals surface area contributed by atoms with E-state index in [1.165, 1.54) is 11.3 Å². The highest BCUT2D eigenvalue weighted by Gasteiger charge is 2.37. The van der Waals surface area contributed by atoms with Crippen molar-refractivity contribution in [1.29, 1.82) is 0 Å². The van der Waals surface area contributed by atoms with E-state index >= 15 is 0 Å². The predicted molar refractivity (Wildman–Crippen MR) is 108 cm³/mol. The summed E-state index contributed by atoms with van der Waals surface area (Å²) < 4.78 is 5.41. The maximum atomic E-state index is 11.9. The maximum Gasteiger partial charge on any atom is 0.408 e. The first-order valence-electron chi connectivity index (χ1n) is 9.98. The van der Waals surface area contributed by atoms with Crippen LogP contribution in [-0.4, -0.2) is 51.5 Å². The molecule has 1 aromatic rings. The van der Waals surface area contributed by atoms with Crippen LogP contribution in [0.15, 0.2) is 22.8 Å². The second-order valence-corrected chi connectivity index (χ2v) is 8.88. The first-order chi connectivity index (χ1) is 12.5. The zero-order chi connectivity index (χ0) is 20.6. The predicted octanol–water partition coefficient (Wildman–Crippen LogP) is 4.13. The average Bonchev–Trinajstić information content (AvgIpc) is 3.03. The fraction of sp³-hybridized carbons (Fsp3) is 0.762. The average molecular weight is 383 g/mol. The lowest BCUT2D eigenvalue weighted by molar-refractivity contribution is 0.00516. The summed E-state index contributed by atoms with van der Waals surface area (Å²) in [6, 6.07) is 3.26. The van der Waals surface area contributed by atoms with Crippen LogP contribution in [0.3, 0.4) is 0 Å². The highest BCUT2D eigenvalue weighted by molar-refractivity contribution is 5.66. The van der Waals surface area contributed by atoms with E-state index < -0.39 is 23.8 Å². The van der Waals surface area contributed by atoms with Crippen molar-refractivity contribution < 1.29 is 19.4 Å². The van der Waals surface area contributed by atoms with Gasteiger partial charge in [-0.1, -0.05) is 26.7 Å². The largest absolute Gasteiger partial charge is 0.469 e. The number of nitrogens with zero attached hydrogens (tertiary/aromatic N) is 1. The molecule has 0 aliphatic rings.